The molecule has 0 saturated carbocycles. The number of aromatic nitrogens is 2. The molecule has 8 nitrogen and oxygen atoms in total. The normalized spacial score (nSPS) is 10.5. The van der Waals surface area contributed by atoms with Gasteiger partial charge in [-0.25, -0.2) is 9.48 Å². The monoisotopic (exact) mass is 432 g/mol. The third-order valence-electron chi connectivity index (χ3n) is 4.92. The highest BCUT2D eigenvalue weighted by Gasteiger charge is 2.19. The van der Waals surface area contributed by atoms with Gasteiger partial charge in [0.1, 0.15) is 0 Å². The fraction of sp³-hybridized carbons (Fsp3) is 0.292. The number of esters is 1. The van der Waals surface area contributed by atoms with E-state index < -0.39 is 18.5 Å². The van der Waals surface area contributed by atoms with E-state index in [1.165, 1.54) is 4.68 Å². The molecule has 0 spiro atoms. The van der Waals surface area contributed by atoms with Gasteiger partial charge in [-0.15, -0.1) is 0 Å². The summed E-state index contributed by atoms with van der Waals surface area (Å²) in [7, 11) is 0. The number of ether oxygens (including phenoxy) is 1. The van der Waals surface area contributed by atoms with Gasteiger partial charge in [-0.3, -0.25) is 9.59 Å². The van der Waals surface area contributed by atoms with E-state index in [-0.39, 0.29) is 11.3 Å². The first-order chi connectivity index (χ1) is 15.5. The highest BCUT2D eigenvalue weighted by molar-refractivity contribution is 6.03. The summed E-state index contributed by atoms with van der Waals surface area (Å²) in [6, 6.07) is 15.0. The van der Waals surface area contributed by atoms with Crippen LogP contribution in [0.2, 0.25) is 0 Å². The van der Waals surface area contributed by atoms with Crippen molar-refractivity contribution in [2.24, 2.45) is 0 Å². The number of anilines is 1. The second-order valence-corrected chi connectivity index (χ2v) is 7.30. The summed E-state index contributed by atoms with van der Waals surface area (Å²) in [5.41, 5.74) is 0.695. The van der Waals surface area contributed by atoms with Crippen molar-refractivity contribution in [3.8, 4) is 6.07 Å². The molecular formula is C24H24N4O4. The molecule has 8 heteroatoms. The van der Waals surface area contributed by atoms with Crippen LogP contribution < -0.4 is 10.9 Å². The highest BCUT2D eigenvalue weighted by atomic mass is 16.5. The number of carbonyl (C=O) groups excluding carboxylic acids is 2. The van der Waals surface area contributed by atoms with Gasteiger partial charge in [0.05, 0.1) is 17.0 Å². The predicted octanol–water partition coefficient (Wildman–Crippen LogP) is 3.64. The maximum Gasteiger partial charge on any atom is 0.359 e. The first kappa shape index (κ1) is 22.7. The molecule has 2 aromatic carbocycles. The molecule has 0 aliphatic rings. The van der Waals surface area contributed by atoms with Crippen LogP contribution in [-0.4, -0.2) is 28.3 Å². The van der Waals surface area contributed by atoms with Crippen LogP contribution >= 0.6 is 0 Å². The van der Waals surface area contributed by atoms with Gasteiger partial charge >= 0.3 is 5.97 Å². The van der Waals surface area contributed by atoms with Crippen LogP contribution in [0.5, 0.6) is 0 Å². The van der Waals surface area contributed by atoms with E-state index in [9.17, 15) is 14.4 Å². The number of benzene rings is 2. The molecule has 3 aromatic rings. The van der Waals surface area contributed by atoms with Crippen LogP contribution in [0.3, 0.4) is 0 Å². The van der Waals surface area contributed by atoms with E-state index in [1.807, 2.05) is 6.07 Å². The molecule has 32 heavy (non-hydrogen) atoms. The van der Waals surface area contributed by atoms with E-state index in [4.69, 9.17) is 10.00 Å². The maximum absolute atomic E-state index is 12.7. The Bertz CT molecular complexity index is 1210. The molecule has 0 bridgehead atoms. The smallest absolute Gasteiger partial charge is 0.359 e. The molecule has 0 radical (unpaired) electrons. The molecule has 0 fully saturated rings. The fourth-order valence-corrected chi connectivity index (χ4v) is 3.25. The number of amides is 1. The Morgan fingerprint density at radius 2 is 1.78 bits per heavy atom. The third kappa shape index (κ3) is 5.58. The van der Waals surface area contributed by atoms with E-state index >= 15 is 0 Å². The Hall–Kier alpha value is -3.99. The standard InChI is InChI=1S/C24H24N4O4/c1-2-3-4-7-14-28-23(30)20-9-6-5-8-19(20)22(27-28)24(31)32-16-21(29)26-18-12-10-17(15-25)11-13-18/h5-6,8-13H,2-4,7,14,16H2,1H3,(H,26,29). The number of carbonyl (C=O) groups is 2. The molecular weight excluding hydrogens is 408 g/mol. The molecule has 1 heterocycles. The van der Waals surface area contributed by atoms with Gasteiger partial charge in [0, 0.05) is 17.6 Å². The number of nitrogens with one attached hydrogen (secondary N) is 1. The van der Waals surface area contributed by atoms with Crippen molar-refractivity contribution in [3.63, 3.8) is 0 Å². The van der Waals surface area contributed by atoms with Crippen LogP contribution in [0.1, 0.15) is 48.7 Å². The number of aryl methyl sites for hydroxylation is 1. The van der Waals surface area contributed by atoms with Crippen molar-refractivity contribution >= 4 is 28.3 Å². The van der Waals surface area contributed by atoms with Crippen molar-refractivity contribution in [1.82, 2.24) is 9.78 Å². The average molecular weight is 432 g/mol. The van der Waals surface area contributed by atoms with Crippen LogP contribution in [0.25, 0.3) is 10.8 Å². The van der Waals surface area contributed by atoms with Crippen molar-refractivity contribution in [1.29, 1.82) is 5.26 Å². The first-order valence-corrected chi connectivity index (χ1v) is 10.5. The Morgan fingerprint density at radius 1 is 1.06 bits per heavy atom. The second-order valence-electron chi connectivity index (χ2n) is 7.30. The van der Waals surface area contributed by atoms with Crippen molar-refractivity contribution in [3.05, 3.63) is 70.1 Å². The lowest BCUT2D eigenvalue weighted by Gasteiger charge is -2.11. The lowest BCUT2D eigenvalue weighted by molar-refractivity contribution is -0.119. The minimum absolute atomic E-state index is 0.00173. The molecule has 0 aliphatic carbocycles. The summed E-state index contributed by atoms with van der Waals surface area (Å²) in [6.07, 6.45) is 3.88. The van der Waals surface area contributed by atoms with Crippen LogP contribution in [0.15, 0.2) is 53.3 Å². The molecule has 1 aromatic heterocycles. The Kier molecular flexibility index (Phi) is 7.70. The minimum Gasteiger partial charge on any atom is -0.451 e. The molecule has 0 atom stereocenters. The van der Waals surface area contributed by atoms with Gasteiger partial charge in [0.25, 0.3) is 11.5 Å². The number of hydrogen-bond donors (Lipinski definition) is 1. The molecule has 3 rings (SSSR count). The molecule has 0 aliphatic heterocycles. The Morgan fingerprint density at radius 3 is 2.47 bits per heavy atom. The van der Waals surface area contributed by atoms with Crippen molar-refractivity contribution < 1.29 is 14.3 Å². The number of fused-ring (bicyclic) bond motifs is 1. The Balaban J connectivity index is 1.73. The lowest BCUT2D eigenvalue weighted by atomic mass is 10.1. The molecule has 0 unspecified atom stereocenters. The van der Waals surface area contributed by atoms with E-state index in [0.717, 1.165) is 25.7 Å². The summed E-state index contributed by atoms with van der Waals surface area (Å²) in [6.45, 7) is 2.00. The van der Waals surface area contributed by atoms with Crippen LogP contribution in [-0.2, 0) is 16.1 Å². The van der Waals surface area contributed by atoms with E-state index in [1.54, 1.807) is 48.5 Å². The topological polar surface area (TPSA) is 114 Å². The van der Waals surface area contributed by atoms with Gasteiger partial charge < -0.3 is 10.1 Å². The number of nitriles is 1. The average Bonchev–Trinajstić information content (AvgIpc) is 2.82. The van der Waals surface area contributed by atoms with Gasteiger partial charge in [-0.1, -0.05) is 44.4 Å². The second kappa shape index (κ2) is 10.9. The van der Waals surface area contributed by atoms with Crippen molar-refractivity contribution in [2.45, 2.75) is 39.2 Å². The zero-order chi connectivity index (χ0) is 22.9. The Labute approximate surface area is 185 Å². The molecule has 1 N–H and O–H groups in total. The van der Waals surface area contributed by atoms with Gasteiger partial charge in [-0.05, 0) is 36.8 Å². The van der Waals surface area contributed by atoms with Gasteiger partial charge in [0.2, 0.25) is 0 Å². The highest BCUT2D eigenvalue weighted by Crippen LogP contribution is 2.15. The number of unbranched alkanes of at least 4 members (excludes halogenated alkanes) is 3. The van der Waals surface area contributed by atoms with E-state index in [2.05, 4.69) is 17.3 Å². The minimum atomic E-state index is -0.779. The number of nitrogens with zero attached hydrogens (tertiary/aromatic N) is 3. The molecule has 164 valence electrons. The SMILES string of the molecule is CCCCCCn1nc(C(=O)OCC(=O)Nc2ccc(C#N)cc2)c2ccccc2c1=O. The van der Waals surface area contributed by atoms with E-state index in [0.29, 0.717) is 28.6 Å². The zero-order valence-electron chi connectivity index (χ0n) is 17.8. The van der Waals surface area contributed by atoms with Gasteiger partial charge in [0.15, 0.2) is 12.3 Å². The lowest BCUT2D eigenvalue weighted by Crippen LogP contribution is -2.28. The van der Waals surface area contributed by atoms with Crippen LogP contribution in [0.4, 0.5) is 5.69 Å². The predicted molar refractivity (Wildman–Crippen MR) is 120 cm³/mol. The first-order valence-electron chi connectivity index (χ1n) is 10.5. The summed E-state index contributed by atoms with van der Waals surface area (Å²) in [4.78, 5) is 37.6. The van der Waals surface area contributed by atoms with Crippen molar-refractivity contribution in [2.75, 3.05) is 11.9 Å². The number of rotatable bonds is 9. The fourth-order valence-electron chi connectivity index (χ4n) is 3.25. The maximum atomic E-state index is 12.7. The summed E-state index contributed by atoms with van der Waals surface area (Å²) in [5, 5.41) is 16.4. The van der Waals surface area contributed by atoms with Gasteiger partial charge in [-0.2, -0.15) is 10.4 Å². The number of hydrogen-bond acceptors (Lipinski definition) is 6. The summed E-state index contributed by atoms with van der Waals surface area (Å²) < 4.78 is 6.47. The zero-order valence-corrected chi connectivity index (χ0v) is 17.8. The largest absolute Gasteiger partial charge is 0.451 e. The third-order valence-corrected chi connectivity index (χ3v) is 4.92. The quantitative estimate of drug-likeness (QED) is 0.408. The molecule has 1 amide bonds. The molecule has 0 saturated heterocycles. The summed E-state index contributed by atoms with van der Waals surface area (Å²) >= 11 is 0. The van der Waals surface area contributed by atoms with Crippen LogP contribution in [0, 0.1) is 11.3 Å². The summed E-state index contributed by atoms with van der Waals surface area (Å²) in [5.74, 6) is -1.31.